The zero-order valence-corrected chi connectivity index (χ0v) is 16.4. The number of halogens is 1. The minimum Gasteiger partial charge on any atom is -0.494 e. The van der Waals surface area contributed by atoms with Crippen LogP contribution in [0.25, 0.3) is 0 Å². The molecule has 2 aromatic carbocycles. The first kappa shape index (κ1) is 19.6. The number of benzene rings is 2. The minimum atomic E-state index is -3.80. The lowest BCUT2D eigenvalue weighted by atomic mass is 9.99. The Morgan fingerprint density at radius 2 is 1.96 bits per heavy atom. The number of nitrogens with one attached hydrogen (secondary N) is 1. The Bertz CT molecular complexity index is 885. The average Bonchev–Trinajstić information content (AvgIpc) is 2.67. The van der Waals surface area contributed by atoms with Gasteiger partial charge in [0.2, 0.25) is 10.0 Å². The molecule has 0 aromatic heterocycles. The third kappa shape index (κ3) is 4.78. The van der Waals surface area contributed by atoms with Crippen molar-refractivity contribution >= 4 is 15.7 Å². The molecule has 27 heavy (non-hydrogen) atoms. The van der Waals surface area contributed by atoms with E-state index in [0.29, 0.717) is 5.92 Å². The van der Waals surface area contributed by atoms with Crippen LogP contribution in [0.4, 0.5) is 10.1 Å². The summed E-state index contributed by atoms with van der Waals surface area (Å²) in [5, 5.41) is 0. The van der Waals surface area contributed by atoms with Gasteiger partial charge in [0.15, 0.2) is 11.6 Å². The van der Waals surface area contributed by atoms with Crippen LogP contribution in [0.3, 0.4) is 0 Å². The first-order valence-corrected chi connectivity index (χ1v) is 10.5. The number of anilines is 1. The van der Waals surface area contributed by atoms with Gasteiger partial charge in [0.25, 0.3) is 0 Å². The van der Waals surface area contributed by atoms with Gasteiger partial charge in [-0.05, 0) is 54.7 Å². The molecule has 1 fully saturated rings. The molecule has 1 aliphatic rings. The molecule has 1 aliphatic heterocycles. The maximum absolute atomic E-state index is 13.8. The Kier molecular flexibility index (Phi) is 6.01. The van der Waals surface area contributed by atoms with Crippen LogP contribution < -0.4 is 14.4 Å². The van der Waals surface area contributed by atoms with Gasteiger partial charge in [-0.2, -0.15) is 0 Å². The van der Waals surface area contributed by atoms with Crippen molar-refractivity contribution in [1.29, 1.82) is 0 Å². The third-order valence-electron chi connectivity index (χ3n) is 4.86. The summed E-state index contributed by atoms with van der Waals surface area (Å²) < 4.78 is 45.9. The summed E-state index contributed by atoms with van der Waals surface area (Å²) in [5.74, 6) is -0.00724. The highest BCUT2D eigenvalue weighted by Gasteiger charge is 2.18. The van der Waals surface area contributed by atoms with E-state index < -0.39 is 15.8 Å². The van der Waals surface area contributed by atoms with Crippen LogP contribution in [0.1, 0.15) is 25.3 Å². The maximum Gasteiger partial charge on any atom is 0.240 e. The smallest absolute Gasteiger partial charge is 0.240 e. The number of sulfonamides is 1. The number of nitrogens with zero attached hydrogens (tertiary/aromatic N) is 1. The lowest BCUT2D eigenvalue weighted by Gasteiger charge is -2.32. The normalized spacial score (nSPS) is 17.7. The van der Waals surface area contributed by atoms with Gasteiger partial charge in [-0.3, -0.25) is 0 Å². The van der Waals surface area contributed by atoms with E-state index in [2.05, 4.69) is 16.5 Å². The SMILES string of the molecule is COc1ccc(S(=O)(=O)NCc2ccc(N3CCC[C@@H](C)C3)cc2)cc1F. The first-order chi connectivity index (χ1) is 12.9. The first-order valence-electron chi connectivity index (χ1n) is 9.06. The topological polar surface area (TPSA) is 58.6 Å². The predicted octanol–water partition coefficient (Wildman–Crippen LogP) is 3.55. The highest BCUT2D eigenvalue weighted by molar-refractivity contribution is 7.89. The van der Waals surface area contributed by atoms with Gasteiger partial charge in [0.1, 0.15) is 0 Å². The summed E-state index contributed by atoms with van der Waals surface area (Å²) in [7, 11) is -2.47. The largest absolute Gasteiger partial charge is 0.494 e. The van der Waals surface area contributed by atoms with Gasteiger partial charge in [0, 0.05) is 25.3 Å². The third-order valence-corrected chi connectivity index (χ3v) is 6.26. The van der Waals surface area contributed by atoms with Crippen molar-refractivity contribution in [3.05, 3.63) is 53.8 Å². The van der Waals surface area contributed by atoms with Crippen LogP contribution in [0.2, 0.25) is 0 Å². The Balaban J connectivity index is 1.64. The fourth-order valence-electron chi connectivity index (χ4n) is 3.32. The lowest BCUT2D eigenvalue weighted by Crippen LogP contribution is -2.34. The van der Waals surface area contributed by atoms with Crippen LogP contribution >= 0.6 is 0 Å². The molecule has 0 spiro atoms. The van der Waals surface area contributed by atoms with Crippen LogP contribution in [-0.4, -0.2) is 28.6 Å². The van der Waals surface area contributed by atoms with Crippen molar-refractivity contribution in [2.75, 3.05) is 25.1 Å². The van der Waals surface area contributed by atoms with Gasteiger partial charge in [-0.15, -0.1) is 0 Å². The maximum atomic E-state index is 13.8. The van der Waals surface area contributed by atoms with Gasteiger partial charge in [-0.25, -0.2) is 17.5 Å². The summed E-state index contributed by atoms with van der Waals surface area (Å²) in [5.41, 5.74) is 2.01. The van der Waals surface area contributed by atoms with Crippen molar-refractivity contribution in [2.45, 2.75) is 31.2 Å². The van der Waals surface area contributed by atoms with E-state index in [-0.39, 0.29) is 17.2 Å². The van der Waals surface area contributed by atoms with Crippen LogP contribution in [0.5, 0.6) is 5.75 Å². The molecule has 146 valence electrons. The molecular formula is C20H25FN2O3S. The second-order valence-corrected chi connectivity index (χ2v) is 8.75. The Hall–Kier alpha value is -2.12. The molecule has 0 saturated carbocycles. The average molecular weight is 392 g/mol. The zero-order valence-electron chi connectivity index (χ0n) is 15.6. The number of rotatable bonds is 6. The van der Waals surface area contributed by atoms with Crippen LogP contribution in [0.15, 0.2) is 47.4 Å². The van der Waals surface area contributed by atoms with Gasteiger partial charge >= 0.3 is 0 Å². The molecule has 1 saturated heterocycles. The van der Waals surface area contributed by atoms with E-state index in [1.54, 1.807) is 0 Å². The quantitative estimate of drug-likeness (QED) is 0.817. The second kappa shape index (κ2) is 8.27. The Labute approximate surface area is 160 Å². The van der Waals surface area contributed by atoms with Gasteiger partial charge < -0.3 is 9.64 Å². The molecule has 0 aliphatic carbocycles. The van der Waals surface area contributed by atoms with Crippen molar-refractivity contribution in [3.63, 3.8) is 0 Å². The number of piperidine rings is 1. The van der Waals surface area contributed by atoms with Gasteiger partial charge in [0.05, 0.1) is 12.0 Å². The van der Waals surface area contributed by atoms with E-state index in [1.165, 1.54) is 32.1 Å². The molecule has 1 heterocycles. The molecule has 2 aromatic rings. The molecule has 0 radical (unpaired) electrons. The van der Waals surface area contributed by atoms with Crippen molar-refractivity contribution in [3.8, 4) is 5.75 Å². The van der Waals surface area contributed by atoms with E-state index in [1.807, 2.05) is 24.3 Å². The monoisotopic (exact) mass is 392 g/mol. The minimum absolute atomic E-state index is 0.0107. The highest BCUT2D eigenvalue weighted by atomic mass is 32.2. The summed E-state index contributed by atoms with van der Waals surface area (Å²) in [6, 6.07) is 11.5. The molecule has 3 rings (SSSR count). The number of ether oxygens (including phenoxy) is 1. The number of hydrogen-bond acceptors (Lipinski definition) is 4. The molecule has 0 unspecified atom stereocenters. The summed E-state index contributed by atoms with van der Waals surface area (Å²) >= 11 is 0. The van der Waals surface area contributed by atoms with E-state index in [4.69, 9.17) is 4.74 Å². The molecule has 0 amide bonds. The standard InChI is InChI=1S/C20H25FN2O3S/c1-15-4-3-11-23(14-15)17-7-5-16(6-8-17)13-22-27(24,25)18-9-10-20(26-2)19(21)12-18/h5-10,12,15,22H,3-4,11,13-14H2,1-2H3/t15-/m1/s1. The number of hydrogen-bond donors (Lipinski definition) is 1. The van der Waals surface area contributed by atoms with Crippen LogP contribution in [-0.2, 0) is 16.6 Å². The molecular weight excluding hydrogens is 367 g/mol. The second-order valence-electron chi connectivity index (χ2n) is 6.98. The summed E-state index contributed by atoms with van der Waals surface area (Å²) in [6.45, 7) is 4.51. The Morgan fingerprint density at radius 3 is 2.59 bits per heavy atom. The number of methoxy groups -OCH3 is 1. The summed E-state index contributed by atoms with van der Waals surface area (Å²) in [4.78, 5) is 2.24. The van der Waals surface area contributed by atoms with Crippen molar-refractivity contribution in [2.24, 2.45) is 5.92 Å². The van der Waals surface area contributed by atoms with Crippen molar-refractivity contribution < 1.29 is 17.5 Å². The van der Waals surface area contributed by atoms with E-state index >= 15 is 0 Å². The lowest BCUT2D eigenvalue weighted by molar-refractivity contribution is 0.385. The van der Waals surface area contributed by atoms with Crippen LogP contribution in [0, 0.1) is 11.7 Å². The van der Waals surface area contributed by atoms with E-state index in [9.17, 15) is 12.8 Å². The molecule has 1 atom stereocenters. The zero-order chi connectivity index (χ0) is 19.4. The molecule has 0 bridgehead atoms. The van der Waals surface area contributed by atoms with Gasteiger partial charge in [-0.1, -0.05) is 19.1 Å². The summed E-state index contributed by atoms with van der Waals surface area (Å²) in [6.07, 6.45) is 2.46. The molecule has 7 heteroatoms. The fraction of sp³-hybridized carbons (Fsp3) is 0.400. The molecule has 5 nitrogen and oxygen atoms in total. The highest BCUT2D eigenvalue weighted by Crippen LogP contribution is 2.24. The fourth-order valence-corrected chi connectivity index (χ4v) is 4.35. The predicted molar refractivity (Wildman–Crippen MR) is 104 cm³/mol. The van der Waals surface area contributed by atoms with E-state index in [0.717, 1.165) is 30.4 Å². The van der Waals surface area contributed by atoms with Crippen molar-refractivity contribution in [1.82, 2.24) is 4.72 Å². The Morgan fingerprint density at radius 1 is 1.22 bits per heavy atom. The molecule has 1 N–H and O–H groups in total.